The Balaban J connectivity index is 1.35. The van der Waals surface area contributed by atoms with Crippen molar-refractivity contribution >= 4 is 10.9 Å². The Morgan fingerprint density at radius 1 is 1.03 bits per heavy atom. The van der Waals surface area contributed by atoms with Gasteiger partial charge in [-0.2, -0.15) is 0 Å². The van der Waals surface area contributed by atoms with Gasteiger partial charge in [-0.15, -0.1) is 0 Å². The topological polar surface area (TPSA) is 40.9 Å². The van der Waals surface area contributed by atoms with Crippen LogP contribution in [0.15, 0.2) is 48.5 Å². The van der Waals surface area contributed by atoms with Crippen LogP contribution in [0.3, 0.4) is 0 Å². The minimum Gasteiger partial charge on any atom is -0.390 e. The normalized spacial score (nSPS) is 16.3. The summed E-state index contributed by atoms with van der Waals surface area (Å²) in [6, 6.07) is 17.3. The van der Waals surface area contributed by atoms with E-state index in [1.807, 2.05) is 0 Å². The molecule has 0 bridgehead atoms. The number of hydrogen-bond acceptors (Lipinski definition) is 4. The molecule has 5 heteroatoms. The second-order valence-corrected chi connectivity index (χ2v) is 8.90. The average molecular weight is 422 g/mol. The molecule has 0 radical (unpaired) electrons. The fourth-order valence-electron chi connectivity index (χ4n) is 4.69. The van der Waals surface area contributed by atoms with Crippen LogP contribution in [-0.2, 0) is 24.4 Å². The maximum Gasteiger partial charge on any atom is 0.0845 e. The molecule has 0 aliphatic carbocycles. The Morgan fingerprint density at radius 2 is 1.77 bits per heavy atom. The minimum absolute atomic E-state index is 0.421. The van der Waals surface area contributed by atoms with Crippen LogP contribution < -0.4 is 0 Å². The van der Waals surface area contributed by atoms with Gasteiger partial charge in [0, 0.05) is 49.3 Å². The van der Waals surface area contributed by atoms with Crippen molar-refractivity contribution < 1.29 is 9.84 Å². The SMILES string of the molecule is Cc1c(C)n(C[C@@H](O)CN(C)Cc2cccc(CN3CCOCC3)c2)c2ccccc12. The number of morpholine rings is 1. The summed E-state index contributed by atoms with van der Waals surface area (Å²) in [6.07, 6.45) is -0.421. The Kier molecular flexibility index (Phi) is 7.08. The minimum atomic E-state index is -0.421. The summed E-state index contributed by atoms with van der Waals surface area (Å²) >= 11 is 0. The Morgan fingerprint density at radius 3 is 2.58 bits per heavy atom. The van der Waals surface area contributed by atoms with Crippen LogP contribution in [0.25, 0.3) is 10.9 Å². The molecule has 1 aliphatic rings. The highest BCUT2D eigenvalue weighted by molar-refractivity contribution is 5.85. The molecule has 1 aromatic heterocycles. The number of aromatic nitrogens is 1. The van der Waals surface area contributed by atoms with Gasteiger partial charge in [0.2, 0.25) is 0 Å². The van der Waals surface area contributed by atoms with Crippen molar-refractivity contribution in [3.05, 3.63) is 70.9 Å². The van der Waals surface area contributed by atoms with Gasteiger partial charge in [-0.1, -0.05) is 42.5 Å². The number of para-hydroxylation sites is 1. The number of benzene rings is 2. The van der Waals surface area contributed by atoms with Crippen molar-refractivity contribution in [2.24, 2.45) is 0 Å². The van der Waals surface area contributed by atoms with Crippen molar-refractivity contribution in [2.45, 2.75) is 39.6 Å². The molecule has 0 unspecified atom stereocenters. The van der Waals surface area contributed by atoms with Gasteiger partial charge in [0.05, 0.1) is 25.9 Å². The predicted molar refractivity (Wildman–Crippen MR) is 126 cm³/mol. The fraction of sp³-hybridized carbons (Fsp3) is 0.462. The Bertz CT molecular complexity index is 1010. The number of rotatable bonds is 8. The molecular formula is C26H35N3O2. The first-order valence-electron chi connectivity index (χ1n) is 11.3. The third kappa shape index (κ3) is 5.36. The van der Waals surface area contributed by atoms with E-state index in [-0.39, 0.29) is 0 Å². The van der Waals surface area contributed by atoms with E-state index >= 15 is 0 Å². The molecule has 4 rings (SSSR count). The van der Waals surface area contributed by atoms with Gasteiger partial charge in [-0.3, -0.25) is 9.80 Å². The van der Waals surface area contributed by atoms with E-state index in [9.17, 15) is 5.11 Å². The van der Waals surface area contributed by atoms with Crippen molar-refractivity contribution in [3.63, 3.8) is 0 Å². The Labute approximate surface area is 185 Å². The van der Waals surface area contributed by atoms with Gasteiger partial charge in [0.1, 0.15) is 0 Å². The lowest BCUT2D eigenvalue weighted by atomic mass is 10.1. The zero-order valence-electron chi connectivity index (χ0n) is 19.1. The predicted octanol–water partition coefficient (Wildman–Crippen LogP) is 3.58. The van der Waals surface area contributed by atoms with Crippen molar-refractivity contribution in [1.29, 1.82) is 0 Å². The number of aliphatic hydroxyl groups excluding tert-OH is 1. The molecule has 1 fully saturated rings. The molecule has 2 aromatic carbocycles. The molecule has 31 heavy (non-hydrogen) atoms. The molecule has 166 valence electrons. The first-order valence-corrected chi connectivity index (χ1v) is 11.3. The van der Waals surface area contributed by atoms with Crippen molar-refractivity contribution in [3.8, 4) is 0 Å². The van der Waals surface area contributed by atoms with Crippen molar-refractivity contribution in [2.75, 3.05) is 39.9 Å². The van der Waals surface area contributed by atoms with Crippen molar-refractivity contribution in [1.82, 2.24) is 14.4 Å². The summed E-state index contributed by atoms with van der Waals surface area (Å²) in [4.78, 5) is 4.66. The van der Waals surface area contributed by atoms with E-state index < -0.39 is 6.10 Å². The Hall–Kier alpha value is -2.18. The molecule has 1 N–H and O–H groups in total. The van der Waals surface area contributed by atoms with E-state index in [1.54, 1.807) is 0 Å². The number of fused-ring (bicyclic) bond motifs is 1. The van der Waals surface area contributed by atoms with Gasteiger partial charge >= 0.3 is 0 Å². The molecule has 1 aliphatic heterocycles. The molecular weight excluding hydrogens is 386 g/mol. The summed E-state index contributed by atoms with van der Waals surface area (Å²) < 4.78 is 7.71. The standard InChI is InChI=1S/C26H35N3O2/c1-20-21(2)29(26-10-5-4-9-25(20)26)19-24(30)18-27(3)16-22-7-6-8-23(15-22)17-28-11-13-31-14-12-28/h4-10,15,24,30H,11-14,16-19H2,1-3H3/t24-/m0/s1. The molecule has 3 aromatic rings. The smallest absolute Gasteiger partial charge is 0.0845 e. The number of ether oxygens (including phenoxy) is 1. The zero-order chi connectivity index (χ0) is 21.8. The fourth-order valence-corrected chi connectivity index (χ4v) is 4.69. The molecule has 0 spiro atoms. The number of likely N-dealkylation sites (N-methyl/N-ethyl adjacent to an activating group) is 1. The average Bonchev–Trinajstić information content (AvgIpc) is 3.00. The lowest BCUT2D eigenvalue weighted by Gasteiger charge is -2.27. The maximum absolute atomic E-state index is 10.8. The summed E-state index contributed by atoms with van der Waals surface area (Å²) in [5.74, 6) is 0. The highest BCUT2D eigenvalue weighted by Gasteiger charge is 2.16. The van der Waals surface area contributed by atoms with E-state index in [4.69, 9.17) is 4.74 Å². The number of nitrogens with zero attached hydrogens (tertiary/aromatic N) is 3. The third-order valence-electron chi connectivity index (χ3n) is 6.42. The summed E-state index contributed by atoms with van der Waals surface area (Å²) in [7, 11) is 2.09. The third-order valence-corrected chi connectivity index (χ3v) is 6.42. The van der Waals surface area contributed by atoms with Crippen LogP contribution in [0.2, 0.25) is 0 Å². The number of aryl methyl sites for hydroxylation is 1. The van der Waals surface area contributed by atoms with Crippen LogP contribution >= 0.6 is 0 Å². The van der Waals surface area contributed by atoms with E-state index in [0.29, 0.717) is 13.1 Å². The maximum atomic E-state index is 10.8. The molecule has 1 saturated heterocycles. The van der Waals surface area contributed by atoms with Crippen LogP contribution in [0.1, 0.15) is 22.4 Å². The molecule has 0 saturated carbocycles. The number of hydrogen-bond donors (Lipinski definition) is 1. The second kappa shape index (κ2) is 9.96. The molecule has 0 amide bonds. The lowest BCUT2D eigenvalue weighted by Crippen LogP contribution is -2.35. The second-order valence-electron chi connectivity index (χ2n) is 8.90. The lowest BCUT2D eigenvalue weighted by molar-refractivity contribution is 0.0342. The summed E-state index contributed by atoms with van der Waals surface area (Å²) in [5.41, 5.74) is 6.37. The van der Waals surface area contributed by atoms with Gasteiger partial charge in [-0.25, -0.2) is 0 Å². The summed E-state index contributed by atoms with van der Waals surface area (Å²) in [5, 5.41) is 12.1. The molecule has 5 nitrogen and oxygen atoms in total. The van der Waals surface area contributed by atoms with E-state index in [1.165, 1.54) is 33.3 Å². The monoisotopic (exact) mass is 421 g/mol. The summed E-state index contributed by atoms with van der Waals surface area (Å²) in [6.45, 7) is 11.0. The first kappa shape index (κ1) is 22.0. The molecule has 2 heterocycles. The van der Waals surface area contributed by atoms with E-state index in [2.05, 4.69) is 83.8 Å². The van der Waals surface area contributed by atoms with Crippen LogP contribution in [0.4, 0.5) is 0 Å². The quantitative estimate of drug-likeness (QED) is 0.604. The zero-order valence-corrected chi connectivity index (χ0v) is 19.1. The highest BCUT2D eigenvalue weighted by atomic mass is 16.5. The molecule has 1 atom stereocenters. The highest BCUT2D eigenvalue weighted by Crippen LogP contribution is 2.25. The van der Waals surface area contributed by atoms with Gasteiger partial charge < -0.3 is 14.4 Å². The van der Waals surface area contributed by atoms with Crippen LogP contribution in [0, 0.1) is 13.8 Å². The van der Waals surface area contributed by atoms with Gasteiger partial charge in [0.25, 0.3) is 0 Å². The van der Waals surface area contributed by atoms with E-state index in [0.717, 1.165) is 39.4 Å². The largest absolute Gasteiger partial charge is 0.390 e. The van der Waals surface area contributed by atoms with Crippen LogP contribution in [0.5, 0.6) is 0 Å². The first-order chi connectivity index (χ1) is 15.0. The number of aliphatic hydroxyl groups is 1. The van der Waals surface area contributed by atoms with Gasteiger partial charge in [0.15, 0.2) is 0 Å². The van der Waals surface area contributed by atoms with Crippen LogP contribution in [-0.4, -0.2) is 65.5 Å². The van der Waals surface area contributed by atoms with Gasteiger partial charge in [-0.05, 0) is 43.7 Å².